The second-order valence-electron chi connectivity index (χ2n) is 4.09. The molecule has 4 nitrogen and oxygen atoms in total. The lowest BCUT2D eigenvalue weighted by molar-refractivity contribution is -0.123. The van der Waals surface area contributed by atoms with Gasteiger partial charge in [0.2, 0.25) is 5.91 Å². The Hall–Kier alpha value is -0.910. The molecule has 0 fully saturated rings. The fourth-order valence-corrected chi connectivity index (χ4v) is 1.91. The van der Waals surface area contributed by atoms with Gasteiger partial charge in [-0.1, -0.05) is 13.8 Å². The third kappa shape index (κ3) is 3.59. The third-order valence-electron chi connectivity index (χ3n) is 2.42. The highest BCUT2D eigenvalue weighted by atomic mass is 32.1. The van der Waals surface area contributed by atoms with Crippen LogP contribution in [0.4, 0.5) is 0 Å². The van der Waals surface area contributed by atoms with Gasteiger partial charge in [0.1, 0.15) is 0 Å². The minimum Gasteiger partial charge on any atom is -0.387 e. The van der Waals surface area contributed by atoms with Crippen LogP contribution in [0.2, 0.25) is 0 Å². The summed E-state index contributed by atoms with van der Waals surface area (Å²) >= 11 is 1.52. The highest BCUT2D eigenvalue weighted by Crippen LogP contribution is 2.15. The van der Waals surface area contributed by atoms with E-state index in [4.69, 9.17) is 5.73 Å². The molecule has 1 heterocycles. The van der Waals surface area contributed by atoms with E-state index in [0.717, 1.165) is 5.56 Å². The topological polar surface area (TPSA) is 75.4 Å². The molecule has 1 aromatic heterocycles. The SMILES string of the molecule is CC(C)[C@H](N)C(=O)NCC(O)c1ccsc1. The van der Waals surface area contributed by atoms with Gasteiger partial charge in [-0.2, -0.15) is 11.3 Å². The number of amides is 1. The molecule has 0 aliphatic heterocycles. The van der Waals surface area contributed by atoms with Gasteiger partial charge in [0.25, 0.3) is 0 Å². The van der Waals surface area contributed by atoms with Crippen LogP contribution in [0.3, 0.4) is 0 Å². The van der Waals surface area contributed by atoms with Gasteiger partial charge in [-0.25, -0.2) is 0 Å². The molecular formula is C11H18N2O2S. The van der Waals surface area contributed by atoms with Crippen molar-refractivity contribution in [2.45, 2.75) is 26.0 Å². The number of carbonyl (C=O) groups excluding carboxylic acids is 1. The second-order valence-corrected chi connectivity index (χ2v) is 4.87. The molecule has 90 valence electrons. The summed E-state index contributed by atoms with van der Waals surface area (Å²) in [5.74, 6) is -0.123. The van der Waals surface area contributed by atoms with Crippen LogP contribution in [0.1, 0.15) is 25.5 Å². The first-order valence-electron chi connectivity index (χ1n) is 5.25. The smallest absolute Gasteiger partial charge is 0.237 e. The lowest BCUT2D eigenvalue weighted by atomic mass is 10.0. The second kappa shape index (κ2) is 5.98. The fraction of sp³-hybridized carbons (Fsp3) is 0.545. The van der Waals surface area contributed by atoms with E-state index < -0.39 is 12.1 Å². The average molecular weight is 242 g/mol. The van der Waals surface area contributed by atoms with Crippen LogP contribution in [-0.2, 0) is 4.79 Å². The van der Waals surface area contributed by atoms with E-state index in [1.807, 2.05) is 30.7 Å². The van der Waals surface area contributed by atoms with E-state index in [0.29, 0.717) is 0 Å². The molecule has 1 unspecified atom stereocenters. The average Bonchev–Trinajstić information content (AvgIpc) is 2.77. The summed E-state index contributed by atoms with van der Waals surface area (Å²) < 4.78 is 0. The van der Waals surface area contributed by atoms with Gasteiger partial charge in [0.15, 0.2) is 0 Å². The maximum Gasteiger partial charge on any atom is 0.237 e. The summed E-state index contributed by atoms with van der Waals surface area (Å²) in [7, 11) is 0. The standard InChI is InChI=1S/C11H18N2O2S/c1-7(2)10(12)11(15)13-5-9(14)8-3-4-16-6-8/h3-4,6-7,9-10,14H,5,12H2,1-2H3,(H,13,15)/t9?,10-/m0/s1. The van der Waals surface area contributed by atoms with Crippen LogP contribution in [0.15, 0.2) is 16.8 Å². The molecule has 0 saturated carbocycles. The quantitative estimate of drug-likeness (QED) is 0.717. The maximum absolute atomic E-state index is 11.5. The predicted molar refractivity (Wildman–Crippen MR) is 65.1 cm³/mol. The number of thiophene rings is 1. The van der Waals surface area contributed by atoms with Crippen molar-refractivity contribution in [1.29, 1.82) is 0 Å². The predicted octanol–water partition coefficient (Wildman–Crippen LogP) is 0.881. The molecule has 1 rings (SSSR count). The fourth-order valence-electron chi connectivity index (χ4n) is 1.20. The molecule has 16 heavy (non-hydrogen) atoms. The number of nitrogens with one attached hydrogen (secondary N) is 1. The molecule has 0 aliphatic rings. The molecule has 0 bridgehead atoms. The molecule has 0 aliphatic carbocycles. The van der Waals surface area contributed by atoms with Crippen molar-refractivity contribution in [2.75, 3.05) is 6.54 Å². The zero-order valence-electron chi connectivity index (χ0n) is 9.51. The Kier molecular flexibility index (Phi) is 4.92. The summed E-state index contributed by atoms with van der Waals surface area (Å²) in [5, 5.41) is 16.1. The van der Waals surface area contributed by atoms with E-state index in [1.165, 1.54) is 11.3 Å². The van der Waals surface area contributed by atoms with Crippen LogP contribution in [-0.4, -0.2) is 23.6 Å². The minimum atomic E-state index is -0.658. The van der Waals surface area contributed by atoms with Gasteiger partial charge >= 0.3 is 0 Å². The first-order valence-corrected chi connectivity index (χ1v) is 6.20. The number of rotatable bonds is 5. The first-order chi connectivity index (χ1) is 7.52. The van der Waals surface area contributed by atoms with Gasteiger partial charge in [-0.15, -0.1) is 0 Å². The van der Waals surface area contributed by atoms with E-state index in [9.17, 15) is 9.90 Å². The Balaban J connectivity index is 2.37. The van der Waals surface area contributed by atoms with Crippen LogP contribution in [0.25, 0.3) is 0 Å². The van der Waals surface area contributed by atoms with Crippen molar-refractivity contribution in [3.05, 3.63) is 22.4 Å². The summed E-state index contributed by atoms with van der Waals surface area (Å²) in [6, 6.07) is 1.32. The summed E-state index contributed by atoms with van der Waals surface area (Å²) in [5.41, 5.74) is 6.50. The monoisotopic (exact) mass is 242 g/mol. The van der Waals surface area contributed by atoms with Crippen molar-refractivity contribution in [3.63, 3.8) is 0 Å². The number of nitrogens with two attached hydrogens (primary N) is 1. The maximum atomic E-state index is 11.5. The molecule has 0 saturated heterocycles. The molecule has 5 heteroatoms. The highest BCUT2D eigenvalue weighted by molar-refractivity contribution is 7.07. The Morgan fingerprint density at radius 1 is 1.62 bits per heavy atom. The Morgan fingerprint density at radius 3 is 2.81 bits per heavy atom. The van der Waals surface area contributed by atoms with E-state index >= 15 is 0 Å². The Labute approximate surface area is 99.5 Å². The van der Waals surface area contributed by atoms with Gasteiger partial charge in [0, 0.05) is 6.54 Å². The van der Waals surface area contributed by atoms with E-state index in [2.05, 4.69) is 5.32 Å². The molecule has 0 aromatic carbocycles. The van der Waals surface area contributed by atoms with Crippen LogP contribution in [0.5, 0.6) is 0 Å². The zero-order valence-corrected chi connectivity index (χ0v) is 10.3. The van der Waals surface area contributed by atoms with Gasteiger partial charge in [0.05, 0.1) is 12.1 Å². The van der Waals surface area contributed by atoms with Gasteiger partial charge in [-0.05, 0) is 28.3 Å². The largest absolute Gasteiger partial charge is 0.387 e. The van der Waals surface area contributed by atoms with E-state index in [-0.39, 0.29) is 18.4 Å². The van der Waals surface area contributed by atoms with Crippen molar-refractivity contribution in [1.82, 2.24) is 5.32 Å². The number of hydrogen-bond acceptors (Lipinski definition) is 4. The minimum absolute atomic E-state index is 0.0956. The van der Waals surface area contributed by atoms with E-state index in [1.54, 1.807) is 0 Å². The Morgan fingerprint density at radius 2 is 2.31 bits per heavy atom. The van der Waals surface area contributed by atoms with Crippen LogP contribution < -0.4 is 11.1 Å². The van der Waals surface area contributed by atoms with Crippen molar-refractivity contribution < 1.29 is 9.90 Å². The van der Waals surface area contributed by atoms with Crippen molar-refractivity contribution in [3.8, 4) is 0 Å². The van der Waals surface area contributed by atoms with Crippen molar-refractivity contribution >= 4 is 17.2 Å². The first kappa shape index (κ1) is 13.2. The summed E-state index contributed by atoms with van der Waals surface area (Å²) in [6.45, 7) is 3.98. The Bertz CT molecular complexity index is 325. The number of aliphatic hydroxyl groups is 1. The molecule has 2 atom stereocenters. The zero-order chi connectivity index (χ0) is 12.1. The molecule has 4 N–H and O–H groups in total. The van der Waals surface area contributed by atoms with Gasteiger partial charge in [-0.3, -0.25) is 4.79 Å². The normalized spacial score (nSPS) is 14.8. The number of carbonyl (C=O) groups is 1. The lowest BCUT2D eigenvalue weighted by Gasteiger charge is -2.17. The number of hydrogen-bond donors (Lipinski definition) is 3. The molecular weight excluding hydrogens is 224 g/mol. The molecule has 0 spiro atoms. The highest BCUT2D eigenvalue weighted by Gasteiger charge is 2.18. The molecule has 1 aromatic rings. The van der Waals surface area contributed by atoms with Crippen LogP contribution >= 0.6 is 11.3 Å². The lowest BCUT2D eigenvalue weighted by Crippen LogP contribution is -2.45. The van der Waals surface area contributed by atoms with Crippen molar-refractivity contribution in [2.24, 2.45) is 11.7 Å². The number of aliphatic hydroxyl groups excluding tert-OH is 1. The molecule has 0 radical (unpaired) electrons. The molecule has 1 amide bonds. The summed E-state index contributed by atoms with van der Waals surface area (Å²) in [4.78, 5) is 11.5. The summed E-state index contributed by atoms with van der Waals surface area (Å²) in [6.07, 6.45) is -0.658. The van der Waals surface area contributed by atoms with Gasteiger partial charge < -0.3 is 16.2 Å². The third-order valence-corrected chi connectivity index (χ3v) is 3.12. The van der Waals surface area contributed by atoms with Crippen LogP contribution in [0, 0.1) is 5.92 Å².